The summed E-state index contributed by atoms with van der Waals surface area (Å²) in [4.78, 5) is 26.3. The van der Waals surface area contributed by atoms with Crippen molar-refractivity contribution in [3.05, 3.63) is 63.1 Å². The lowest BCUT2D eigenvalue weighted by molar-refractivity contribution is -0.145. The number of likely N-dealkylation sites (N-methyl/N-ethyl adjacent to an activating group) is 1. The number of aliphatic hydroxyl groups is 2. The lowest BCUT2D eigenvalue weighted by Crippen LogP contribution is -2.46. The third-order valence-corrected chi connectivity index (χ3v) is 9.90. The second-order valence-electron chi connectivity index (χ2n) is 11.9. The van der Waals surface area contributed by atoms with Crippen LogP contribution in [0.2, 0.25) is 10.0 Å². The Labute approximate surface area is 304 Å². The molecule has 1 aliphatic heterocycles. The molecule has 1 heterocycles. The van der Waals surface area contributed by atoms with Crippen LogP contribution in [0.4, 0.5) is 0 Å². The highest BCUT2D eigenvalue weighted by Crippen LogP contribution is 2.38. The number of amides is 1. The van der Waals surface area contributed by atoms with Gasteiger partial charge < -0.3 is 39.4 Å². The molecule has 0 fully saturated rings. The van der Waals surface area contributed by atoms with Crippen LogP contribution in [0.1, 0.15) is 48.8 Å². The lowest BCUT2D eigenvalue weighted by atomic mass is 9.85. The van der Waals surface area contributed by atoms with Crippen molar-refractivity contribution in [2.24, 2.45) is 0 Å². The molecule has 1 amide bonds. The summed E-state index contributed by atoms with van der Waals surface area (Å²) in [6.45, 7) is 5.86. The fourth-order valence-electron chi connectivity index (χ4n) is 5.30. The third-order valence-electron chi connectivity index (χ3n) is 7.87. The van der Waals surface area contributed by atoms with Crippen LogP contribution >= 0.6 is 23.2 Å². The number of benzene rings is 2. The summed E-state index contributed by atoms with van der Waals surface area (Å²) in [5.41, 5.74) is 3.04. The molecule has 4 N–H and O–H groups in total. The van der Waals surface area contributed by atoms with Gasteiger partial charge in [0.15, 0.2) is 11.9 Å². The van der Waals surface area contributed by atoms with Crippen molar-refractivity contribution in [3.63, 3.8) is 0 Å². The maximum absolute atomic E-state index is 12.8. The van der Waals surface area contributed by atoms with Crippen LogP contribution in [0.3, 0.4) is 0 Å². The topological polar surface area (TPSA) is 173 Å². The van der Waals surface area contributed by atoms with Gasteiger partial charge in [-0.3, -0.25) is 9.59 Å². The quantitative estimate of drug-likeness (QED) is 0.116. The number of ketones is 1. The highest BCUT2D eigenvalue weighted by atomic mass is 35.5. The molecule has 0 saturated carbocycles. The average molecular weight is 763 g/mol. The van der Waals surface area contributed by atoms with Gasteiger partial charge in [-0.1, -0.05) is 42.3 Å². The van der Waals surface area contributed by atoms with Crippen molar-refractivity contribution in [1.82, 2.24) is 14.9 Å². The van der Waals surface area contributed by atoms with Crippen molar-refractivity contribution in [2.45, 2.75) is 55.8 Å². The predicted octanol–water partition coefficient (Wildman–Crippen LogP) is 2.51. The number of carbonyl (C=O) groups excluding carboxylic acids is 2. The van der Waals surface area contributed by atoms with Crippen LogP contribution in [0.5, 0.6) is 0 Å². The first kappa shape index (κ1) is 42.2. The average Bonchev–Trinajstić information content (AvgIpc) is 3.09. The number of aliphatic hydroxyl groups excluding tert-OH is 2. The molecule has 3 rings (SSSR count). The van der Waals surface area contributed by atoms with Crippen LogP contribution in [-0.4, -0.2) is 127 Å². The number of rotatable bonds is 24. The predicted molar refractivity (Wildman–Crippen MR) is 189 cm³/mol. The Bertz CT molecular complexity index is 1470. The molecule has 0 bridgehead atoms. The first-order chi connectivity index (χ1) is 23.9. The SMILES string of the molecule is CCCOCCCC(=O)[C@@H](O)[C@H](O)C(=O)NCCOCCOCCOCCNS(=O)(=O)c1ccc([C@@H]2CN(C)Cc3c(Cl)cc(Cl)cc32)cc1. The van der Waals surface area contributed by atoms with E-state index in [2.05, 4.69) is 14.9 Å². The van der Waals surface area contributed by atoms with E-state index in [-0.39, 0.29) is 70.0 Å². The molecular formula is C34H49Cl2N3O10S. The van der Waals surface area contributed by atoms with Gasteiger partial charge in [-0.15, -0.1) is 0 Å². The van der Waals surface area contributed by atoms with E-state index < -0.39 is 33.9 Å². The van der Waals surface area contributed by atoms with Crippen LogP contribution in [0.25, 0.3) is 0 Å². The number of Topliss-reactive ketones (excluding diaryl/α,β-unsaturated/α-hetero) is 1. The lowest BCUT2D eigenvalue weighted by Gasteiger charge is -2.33. The summed E-state index contributed by atoms with van der Waals surface area (Å²) in [5, 5.41) is 23.5. The number of fused-ring (bicyclic) bond motifs is 1. The minimum atomic E-state index is -3.73. The summed E-state index contributed by atoms with van der Waals surface area (Å²) in [7, 11) is -1.71. The Morgan fingerprint density at radius 3 is 2.18 bits per heavy atom. The van der Waals surface area contributed by atoms with E-state index in [4.69, 9.17) is 42.1 Å². The summed E-state index contributed by atoms with van der Waals surface area (Å²) >= 11 is 12.8. The van der Waals surface area contributed by atoms with Gasteiger partial charge in [0.05, 0.1) is 44.5 Å². The molecular weight excluding hydrogens is 713 g/mol. The van der Waals surface area contributed by atoms with Gasteiger partial charge in [0.1, 0.15) is 6.10 Å². The first-order valence-electron chi connectivity index (χ1n) is 16.7. The Balaban J connectivity index is 1.23. The minimum Gasteiger partial charge on any atom is -0.382 e. The third kappa shape index (κ3) is 13.7. The molecule has 2 aromatic rings. The largest absolute Gasteiger partial charge is 0.382 e. The Morgan fingerprint density at radius 2 is 1.52 bits per heavy atom. The normalized spacial score (nSPS) is 16.2. The zero-order valence-electron chi connectivity index (χ0n) is 28.6. The van der Waals surface area contributed by atoms with Gasteiger partial charge in [0, 0.05) is 61.8 Å². The smallest absolute Gasteiger partial charge is 0.252 e. The zero-order valence-corrected chi connectivity index (χ0v) is 30.9. The van der Waals surface area contributed by atoms with E-state index in [1.165, 1.54) is 0 Å². The van der Waals surface area contributed by atoms with Gasteiger partial charge >= 0.3 is 0 Å². The molecule has 50 heavy (non-hydrogen) atoms. The molecule has 1 aliphatic rings. The molecule has 0 spiro atoms. The number of nitrogens with zero attached hydrogens (tertiary/aromatic N) is 1. The maximum atomic E-state index is 12.8. The Morgan fingerprint density at radius 1 is 0.900 bits per heavy atom. The van der Waals surface area contributed by atoms with Crippen molar-refractivity contribution in [3.8, 4) is 0 Å². The number of hydrogen-bond donors (Lipinski definition) is 4. The standard InChI is InChI=1S/C34H49Cl2N3O10S/c1-3-12-46-13-4-5-31(40)32(41)33(42)34(43)37-10-14-47-16-18-49-19-17-48-15-11-38-50(44,45)26-8-6-24(7-9-26)28-22-39(2)23-29-27(28)20-25(35)21-30(29)36/h6-9,20-21,28,32-33,38,41-42H,3-5,10-19,22-23H2,1-2H3,(H,37,43)/t28-,32+,33-/m0/s1. The molecule has 13 nitrogen and oxygen atoms in total. The number of nitrogens with one attached hydrogen (secondary N) is 2. The summed E-state index contributed by atoms with van der Waals surface area (Å²) in [5.74, 6) is -1.48. The Hall–Kier alpha value is -2.21. The number of sulfonamides is 1. The van der Waals surface area contributed by atoms with E-state index in [0.717, 1.165) is 29.7 Å². The van der Waals surface area contributed by atoms with Crippen molar-refractivity contribution in [1.29, 1.82) is 0 Å². The van der Waals surface area contributed by atoms with Gasteiger partial charge in [-0.25, -0.2) is 13.1 Å². The van der Waals surface area contributed by atoms with Crippen LogP contribution in [-0.2, 0) is 45.1 Å². The molecule has 0 aliphatic carbocycles. The van der Waals surface area contributed by atoms with Gasteiger partial charge in [-0.05, 0) is 60.8 Å². The highest BCUT2D eigenvalue weighted by molar-refractivity contribution is 7.89. The second-order valence-corrected chi connectivity index (χ2v) is 14.5. The maximum Gasteiger partial charge on any atom is 0.252 e. The molecule has 0 saturated heterocycles. The minimum absolute atomic E-state index is 0.000831. The number of hydrogen-bond acceptors (Lipinski definition) is 11. The number of carbonyl (C=O) groups is 2. The van der Waals surface area contributed by atoms with Gasteiger partial charge in [0.2, 0.25) is 10.0 Å². The number of ether oxygens (including phenoxy) is 4. The summed E-state index contributed by atoms with van der Waals surface area (Å²) in [6.07, 6.45) is -2.40. The molecule has 3 atom stereocenters. The number of halogens is 2. The molecule has 0 radical (unpaired) electrons. The second kappa shape index (κ2) is 22.0. The van der Waals surface area contributed by atoms with Crippen LogP contribution in [0.15, 0.2) is 41.3 Å². The van der Waals surface area contributed by atoms with Crippen molar-refractivity contribution < 1.29 is 47.2 Å². The first-order valence-corrected chi connectivity index (χ1v) is 18.9. The molecule has 2 aromatic carbocycles. The monoisotopic (exact) mass is 761 g/mol. The van der Waals surface area contributed by atoms with E-state index in [1.54, 1.807) is 18.2 Å². The molecule has 0 aromatic heterocycles. The molecule has 280 valence electrons. The fraction of sp³-hybridized carbons (Fsp3) is 0.588. The fourth-order valence-corrected chi connectivity index (χ4v) is 6.88. The van der Waals surface area contributed by atoms with Crippen molar-refractivity contribution in [2.75, 3.05) is 79.5 Å². The Kier molecular flexibility index (Phi) is 18.6. The molecule has 0 unspecified atom stereocenters. The van der Waals surface area contributed by atoms with Gasteiger partial charge in [-0.2, -0.15) is 0 Å². The van der Waals surface area contributed by atoms with Crippen molar-refractivity contribution >= 4 is 44.9 Å². The highest BCUT2D eigenvalue weighted by Gasteiger charge is 2.30. The van der Waals surface area contributed by atoms with E-state index >= 15 is 0 Å². The van der Waals surface area contributed by atoms with Gasteiger partial charge in [0.25, 0.3) is 5.91 Å². The van der Waals surface area contributed by atoms with E-state index in [0.29, 0.717) is 36.2 Å². The molecule has 16 heteroatoms. The summed E-state index contributed by atoms with van der Waals surface area (Å²) < 4.78 is 49.7. The van der Waals surface area contributed by atoms with Crippen LogP contribution in [0, 0.1) is 0 Å². The summed E-state index contributed by atoms with van der Waals surface area (Å²) in [6, 6.07) is 10.5. The van der Waals surface area contributed by atoms with E-state index in [9.17, 15) is 28.2 Å². The zero-order chi connectivity index (χ0) is 36.5. The van der Waals surface area contributed by atoms with Crippen LogP contribution < -0.4 is 10.0 Å². The van der Waals surface area contributed by atoms with E-state index in [1.807, 2.05) is 32.2 Å².